The summed E-state index contributed by atoms with van der Waals surface area (Å²) in [6, 6.07) is 9.65. The lowest BCUT2D eigenvalue weighted by molar-refractivity contribution is -0.143. The summed E-state index contributed by atoms with van der Waals surface area (Å²) >= 11 is 0. The van der Waals surface area contributed by atoms with Gasteiger partial charge in [0.2, 0.25) is 5.95 Å². The van der Waals surface area contributed by atoms with Gasteiger partial charge in [0.1, 0.15) is 0 Å². The first-order chi connectivity index (χ1) is 14.2. The molecule has 160 valence electrons. The number of halogens is 3. The van der Waals surface area contributed by atoms with E-state index in [9.17, 15) is 13.2 Å². The van der Waals surface area contributed by atoms with Gasteiger partial charge in [-0.3, -0.25) is 4.90 Å². The molecule has 0 bridgehead atoms. The first-order valence-corrected chi connectivity index (χ1v) is 9.67. The van der Waals surface area contributed by atoms with Gasteiger partial charge in [-0.05, 0) is 38.9 Å². The first kappa shape index (κ1) is 21.8. The molecule has 2 aromatic heterocycles. The van der Waals surface area contributed by atoms with E-state index in [0.717, 1.165) is 16.7 Å². The van der Waals surface area contributed by atoms with Crippen molar-refractivity contribution in [1.29, 1.82) is 0 Å². The number of alkyl halides is 3. The van der Waals surface area contributed by atoms with Crippen molar-refractivity contribution in [3.05, 3.63) is 48.3 Å². The van der Waals surface area contributed by atoms with Crippen LogP contribution in [0.15, 0.2) is 36.9 Å². The molecule has 0 fully saturated rings. The fourth-order valence-corrected chi connectivity index (χ4v) is 3.35. The van der Waals surface area contributed by atoms with Gasteiger partial charge in [0.15, 0.2) is 11.5 Å². The monoisotopic (exact) mass is 418 g/mol. The highest BCUT2D eigenvalue weighted by Crippen LogP contribution is 2.30. The van der Waals surface area contributed by atoms with Crippen molar-refractivity contribution in [3.8, 4) is 11.3 Å². The molecular weight excluding hydrogens is 393 g/mol. The Bertz CT molecular complexity index is 1030. The number of anilines is 1. The van der Waals surface area contributed by atoms with Gasteiger partial charge in [0, 0.05) is 17.5 Å². The predicted octanol–water partition coefficient (Wildman–Crippen LogP) is 4.22. The van der Waals surface area contributed by atoms with E-state index in [2.05, 4.69) is 21.6 Å². The first-order valence-electron chi connectivity index (χ1n) is 9.67. The summed E-state index contributed by atoms with van der Waals surface area (Å²) < 4.78 is 38.7. The van der Waals surface area contributed by atoms with Crippen molar-refractivity contribution < 1.29 is 13.2 Å². The summed E-state index contributed by atoms with van der Waals surface area (Å²) in [6.45, 7) is 5.39. The Kier molecular flexibility index (Phi) is 6.40. The van der Waals surface area contributed by atoms with E-state index in [4.69, 9.17) is 5.73 Å². The lowest BCUT2D eigenvalue weighted by Gasteiger charge is -2.17. The van der Waals surface area contributed by atoms with Crippen molar-refractivity contribution in [1.82, 2.24) is 24.5 Å². The van der Waals surface area contributed by atoms with E-state index in [-0.39, 0.29) is 5.95 Å². The Labute approximate surface area is 173 Å². The molecule has 0 radical (unpaired) electrons. The van der Waals surface area contributed by atoms with Crippen LogP contribution in [-0.4, -0.2) is 50.8 Å². The number of rotatable bonds is 8. The second kappa shape index (κ2) is 8.83. The Morgan fingerprint density at radius 2 is 1.87 bits per heavy atom. The molecule has 1 aromatic carbocycles. The standard InChI is InChI=1S/C21H25F3N6/c1-14(2)17-18(15-9-5-4-6-10-15)27-20(25)30-19(17)26-16(28-30)11-7-8-12-29(3)13-21(22,23)24/h4-6,9-10H,1,7-8,11-13H2,2-3H3,(H2,25,27). The highest BCUT2D eigenvalue weighted by atomic mass is 19.4. The lowest BCUT2D eigenvalue weighted by Crippen LogP contribution is -2.31. The van der Waals surface area contributed by atoms with Gasteiger partial charge in [0.25, 0.3) is 0 Å². The maximum Gasteiger partial charge on any atom is 0.401 e. The van der Waals surface area contributed by atoms with Crippen LogP contribution in [-0.2, 0) is 6.42 Å². The van der Waals surface area contributed by atoms with Crippen molar-refractivity contribution in [2.75, 3.05) is 25.9 Å². The van der Waals surface area contributed by atoms with Gasteiger partial charge in [-0.15, -0.1) is 5.10 Å². The van der Waals surface area contributed by atoms with Crippen LogP contribution in [0.4, 0.5) is 19.1 Å². The van der Waals surface area contributed by atoms with Gasteiger partial charge >= 0.3 is 6.18 Å². The van der Waals surface area contributed by atoms with Crippen LogP contribution in [0.5, 0.6) is 0 Å². The molecule has 0 spiro atoms. The number of allylic oxidation sites excluding steroid dienone is 1. The Balaban J connectivity index is 1.80. The molecule has 2 heterocycles. The van der Waals surface area contributed by atoms with Crippen LogP contribution >= 0.6 is 0 Å². The normalized spacial score (nSPS) is 12.1. The molecule has 2 N–H and O–H groups in total. The van der Waals surface area contributed by atoms with Gasteiger partial charge in [-0.1, -0.05) is 36.9 Å². The van der Waals surface area contributed by atoms with Gasteiger partial charge in [-0.25, -0.2) is 9.97 Å². The average Bonchev–Trinajstić information content (AvgIpc) is 3.08. The highest BCUT2D eigenvalue weighted by Gasteiger charge is 2.28. The van der Waals surface area contributed by atoms with Crippen LogP contribution < -0.4 is 5.73 Å². The zero-order valence-corrected chi connectivity index (χ0v) is 17.1. The van der Waals surface area contributed by atoms with Crippen LogP contribution in [0.2, 0.25) is 0 Å². The second-order valence-corrected chi connectivity index (χ2v) is 7.41. The summed E-state index contributed by atoms with van der Waals surface area (Å²) in [5.41, 5.74) is 9.89. The number of nitrogens with two attached hydrogens (primary N) is 1. The molecule has 0 amide bonds. The number of hydrogen-bond donors (Lipinski definition) is 1. The third-order valence-electron chi connectivity index (χ3n) is 4.67. The number of hydrogen-bond acceptors (Lipinski definition) is 5. The zero-order valence-electron chi connectivity index (χ0n) is 17.1. The molecule has 3 aromatic rings. The fraction of sp³-hybridized carbons (Fsp3) is 0.381. The predicted molar refractivity (Wildman–Crippen MR) is 112 cm³/mol. The molecule has 0 aliphatic carbocycles. The third-order valence-corrected chi connectivity index (χ3v) is 4.67. The minimum Gasteiger partial charge on any atom is -0.368 e. The third kappa shape index (κ3) is 5.15. The number of fused-ring (bicyclic) bond motifs is 1. The van der Waals surface area contributed by atoms with E-state index in [1.165, 1.54) is 16.5 Å². The van der Waals surface area contributed by atoms with E-state index in [1.54, 1.807) is 0 Å². The number of benzene rings is 1. The fourth-order valence-electron chi connectivity index (χ4n) is 3.35. The largest absolute Gasteiger partial charge is 0.401 e. The quantitative estimate of drug-likeness (QED) is 0.555. The van der Waals surface area contributed by atoms with Crippen molar-refractivity contribution in [3.63, 3.8) is 0 Å². The second-order valence-electron chi connectivity index (χ2n) is 7.41. The Hall–Kier alpha value is -2.94. The SMILES string of the molecule is C=C(C)c1c(-c2ccccc2)nc(N)n2nc(CCCCN(C)CC(F)(F)F)nc12. The van der Waals surface area contributed by atoms with Gasteiger partial charge in [-0.2, -0.15) is 17.7 Å². The number of aryl methyl sites for hydroxylation is 1. The van der Waals surface area contributed by atoms with Crippen LogP contribution in [0.3, 0.4) is 0 Å². The molecular formula is C21H25F3N6. The van der Waals surface area contributed by atoms with E-state index < -0.39 is 12.7 Å². The van der Waals surface area contributed by atoms with Gasteiger partial charge in [0.05, 0.1) is 12.2 Å². The minimum atomic E-state index is -4.18. The van der Waals surface area contributed by atoms with E-state index in [1.807, 2.05) is 37.3 Å². The summed E-state index contributed by atoms with van der Waals surface area (Å²) in [5, 5.41) is 4.45. The summed E-state index contributed by atoms with van der Waals surface area (Å²) in [7, 11) is 1.47. The smallest absolute Gasteiger partial charge is 0.368 e. The molecule has 0 aliphatic rings. The number of aromatic nitrogens is 4. The maximum atomic E-state index is 12.4. The maximum absolute atomic E-state index is 12.4. The van der Waals surface area contributed by atoms with Crippen LogP contribution in [0, 0.1) is 0 Å². The zero-order chi connectivity index (χ0) is 21.9. The van der Waals surface area contributed by atoms with E-state index >= 15 is 0 Å². The lowest BCUT2D eigenvalue weighted by atomic mass is 10.0. The number of nitrogens with zero attached hydrogens (tertiary/aromatic N) is 5. The summed E-state index contributed by atoms with van der Waals surface area (Å²) in [6.07, 6.45) is -2.37. The topological polar surface area (TPSA) is 72.3 Å². The van der Waals surface area contributed by atoms with Crippen LogP contribution in [0.25, 0.3) is 22.5 Å². The van der Waals surface area contributed by atoms with Crippen molar-refractivity contribution in [2.45, 2.75) is 32.4 Å². The molecule has 3 rings (SSSR count). The van der Waals surface area contributed by atoms with Gasteiger partial charge < -0.3 is 5.73 Å². The highest BCUT2D eigenvalue weighted by molar-refractivity contribution is 5.85. The number of unbranched alkanes of at least 4 members (excludes halogenated alkanes) is 1. The van der Waals surface area contributed by atoms with Crippen LogP contribution in [0.1, 0.15) is 31.2 Å². The Morgan fingerprint density at radius 1 is 1.17 bits per heavy atom. The summed E-state index contributed by atoms with van der Waals surface area (Å²) in [4.78, 5) is 10.4. The molecule has 0 saturated carbocycles. The summed E-state index contributed by atoms with van der Waals surface area (Å²) in [5.74, 6) is 0.798. The molecule has 0 unspecified atom stereocenters. The van der Waals surface area contributed by atoms with E-state index in [0.29, 0.717) is 43.0 Å². The minimum absolute atomic E-state index is 0.220. The molecule has 6 nitrogen and oxygen atoms in total. The molecule has 30 heavy (non-hydrogen) atoms. The molecule has 9 heteroatoms. The average molecular weight is 418 g/mol. The molecule has 0 atom stereocenters. The van der Waals surface area contributed by atoms with Crippen molar-refractivity contribution >= 4 is 17.2 Å². The number of nitrogen functional groups attached to an aromatic ring is 1. The van der Waals surface area contributed by atoms with Crippen molar-refractivity contribution in [2.24, 2.45) is 0 Å². The molecule has 0 aliphatic heterocycles. The Morgan fingerprint density at radius 3 is 2.50 bits per heavy atom. The molecule has 0 saturated heterocycles.